The molecule has 190 valence electrons. The van der Waals surface area contributed by atoms with Crippen LogP contribution in [-0.2, 0) is 24.2 Å². The first-order chi connectivity index (χ1) is 18.5. The fourth-order valence-electron chi connectivity index (χ4n) is 4.24. The Labute approximate surface area is 233 Å². The Morgan fingerprint density at radius 1 is 1.13 bits per heavy atom. The van der Waals surface area contributed by atoms with Gasteiger partial charge >= 0.3 is 0 Å². The summed E-state index contributed by atoms with van der Waals surface area (Å²) in [6, 6.07) is 16.9. The molecular formula is C29H23BrN4O3S. The third-order valence-corrected chi connectivity index (χ3v) is 7.82. The van der Waals surface area contributed by atoms with E-state index in [1.54, 1.807) is 24.3 Å². The highest BCUT2D eigenvalue weighted by Gasteiger charge is 2.23. The van der Waals surface area contributed by atoms with E-state index >= 15 is 0 Å². The molecule has 1 aromatic heterocycles. The number of carbonyl (C=O) groups excluding carboxylic acids is 1. The minimum absolute atomic E-state index is 0.105. The van der Waals surface area contributed by atoms with Gasteiger partial charge in [-0.25, -0.2) is 0 Å². The second-order valence-electron chi connectivity index (χ2n) is 8.47. The molecule has 0 radical (unpaired) electrons. The predicted octanol–water partition coefficient (Wildman–Crippen LogP) is 6.66. The van der Waals surface area contributed by atoms with Gasteiger partial charge in [-0.15, -0.1) is 11.3 Å². The molecule has 1 N–H and O–H groups in total. The van der Waals surface area contributed by atoms with Gasteiger partial charge in [-0.1, -0.05) is 18.2 Å². The number of hydrogen-bond donors (Lipinski definition) is 1. The fourth-order valence-corrected chi connectivity index (χ4v) is 6.05. The summed E-state index contributed by atoms with van der Waals surface area (Å²) in [6.07, 6.45) is 5.29. The van der Waals surface area contributed by atoms with Gasteiger partial charge in [-0.2, -0.15) is 15.8 Å². The van der Waals surface area contributed by atoms with Crippen molar-refractivity contribution < 1.29 is 14.3 Å². The van der Waals surface area contributed by atoms with Gasteiger partial charge in [-0.3, -0.25) is 4.79 Å². The molecule has 1 aliphatic carbocycles. The molecule has 9 heteroatoms. The van der Waals surface area contributed by atoms with Crippen LogP contribution in [-0.4, -0.2) is 12.5 Å². The van der Waals surface area contributed by atoms with E-state index in [1.807, 2.05) is 25.1 Å². The molecule has 0 bridgehead atoms. The number of thiophene rings is 1. The highest BCUT2D eigenvalue weighted by atomic mass is 79.9. The van der Waals surface area contributed by atoms with Gasteiger partial charge in [0.2, 0.25) is 0 Å². The van der Waals surface area contributed by atoms with E-state index in [4.69, 9.17) is 9.47 Å². The molecule has 1 heterocycles. The Balaban J connectivity index is 1.59. The maximum atomic E-state index is 13.0. The van der Waals surface area contributed by atoms with Crippen molar-refractivity contribution in [3.63, 3.8) is 0 Å². The summed E-state index contributed by atoms with van der Waals surface area (Å²) in [5, 5.41) is 32.0. The second kappa shape index (κ2) is 12.4. The SMILES string of the molecule is CCOc1cc(/C=C(\C#N)C(=O)Nc2sc3c(c2C#N)CCCC3)cc(Br)c1OCc1ccccc1C#N. The first kappa shape index (κ1) is 26.9. The summed E-state index contributed by atoms with van der Waals surface area (Å²) in [6.45, 7) is 2.37. The number of benzene rings is 2. The molecule has 2 aromatic carbocycles. The molecule has 7 nitrogen and oxygen atoms in total. The molecule has 1 amide bonds. The Morgan fingerprint density at radius 3 is 2.66 bits per heavy atom. The van der Waals surface area contributed by atoms with Crippen molar-refractivity contribution in [3.8, 4) is 29.7 Å². The molecule has 0 fully saturated rings. The van der Waals surface area contributed by atoms with Gasteiger partial charge in [0.25, 0.3) is 5.91 Å². The Kier molecular flexibility index (Phi) is 8.81. The molecule has 0 spiro atoms. The molecule has 0 atom stereocenters. The van der Waals surface area contributed by atoms with Crippen LogP contribution >= 0.6 is 27.3 Å². The van der Waals surface area contributed by atoms with E-state index < -0.39 is 5.91 Å². The lowest BCUT2D eigenvalue weighted by molar-refractivity contribution is -0.112. The van der Waals surface area contributed by atoms with Crippen molar-refractivity contribution in [3.05, 3.63) is 79.1 Å². The molecule has 0 saturated heterocycles. The summed E-state index contributed by atoms with van der Waals surface area (Å²) >= 11 is 4.93. The number of ether oxygens (including phenoxy) is 2. The molecular weight excluding hydrogens is 564 g/mol. The standard InChI is InChI=1S/C29H23BrN4O3S/c1-2-36-25-13-18(12-24(30)27(25)37-17-20-8-4-3-7-19(20)14-31)11-21(15-32)28(35)34-29-23(16-33)22-9-5-6-10-26(22)38-29/h3-4,7-8,11-13H,2,5-6,9-10,17H2,1H3,(H,34,35)/b21-11+. The number of fused-ring (bicyclic) bond motifs is 1. The van der Waals surface area contributed by atoms with Crippen LogP contribution in [0.4, 0.5) is 5.00 Å². The number of nitrogens with zero attached hydrogens (tertiary/aromatic N) is 3. The lowest BCUT2D eigenvalue weighted by Gasteiger charge is -2.15. The monoisotopic (exact) mass is 586 g/mol. The molecule has 0 saturated carbocycles. The predicted molar refractivity (Wildman–Crippen MR) is 149 cm³/mol. The van der Waals surface area contributed by atoms with Gasteiger partial charge in [0.15, 0.2) is 11.5 Å². The topological polar surface area (TPSA) is 119 Å². The van der Waals surface area contributed by atoms with Crippen molar-refractivity contribution >= 4 is 44.3 Å². The summed E-state index contributed by atoms with van der Waals surface area (Å²) in [7, 11) is 0. The number of hydrogen-bond acceptors (Lipinski definition) is 7. The van der Waals surface area contributed by atoms with Crippen LogP contribution < -0.4 is 14.8 Å². The van der Waals surface area contributed by atoms with E-state index in [1.165, 1.54) is 17.4 Å². The third kappa shape index (κ3) is 5.89. The maximum Gasteiger partial charge on any atom is 0.266 e. The minimum atomic E-state index is -0.579. The zero-order valence-corrected chi connectivity index (χ0v) is 23.0. The number of halogens is 1. The summed E-state index contributed by atoms with van der Waals surface area (Å²) in [5.74, 6) is 0.297. The Bertz CT molecular complexity index is 1540. The minimum Gasteiger partial charge on any atom is -0.490 e. The highest BCUT2D eigenvalue weighted by Crippen LogP contribution is 2.39. The molecule has 38 heavy (non-hydrogen) atoms. The first-order valence-electron chi connectivity index (χ1n) is 12.0. The average molecular weight is 587 g/mol. The third-order valence-electron chi connectivity index (χ3n) is 6.03. The normalized spacial score (nSPS) is 12.4. The smallest absolute Gasteiger partial charge is 0.266 e. The van der Waals surface area contributed by atoms with Crippen molar-refractivity contribution in [2.24, 2.45) is 0 Å². The van der Waals surface area contributed by atoms with E-state index in [-0.39, 0.29) is 12.2 Å². The van der Waals surface area contributed by atoms with Crippen LogP contribution in [0.3, 0.4) is 0 Å². The maximum absolute atomic E-state index is 13.0. The van der Waals surface area contributed by atoms with Crippen LogP contribution in [0.1, 0.15) is 52.5 Å². The largest absolute Gasteiger partial charge is 0.490 e. The van der Waals surface area contributed by atoms with Crippen LogP contribution in [0.25, 0.3) is 6.08 Å². The van der Waals surface area contributed by atoms with Crippen molar-refractivity contribution in [1.29, 1.82) is 15.8 Å². The van der Waals surface area contributed by atoms with Gasteiger partial charge in [0.1, 0.15) is 29.3 Å². The van der Waals surface area contributed by atoms with Crippen LogP contribution in [0.2, 0.25) is 0 Å². The Morgan fingerprint density at radius 2 is 1.92 bits per heavy atom. The second-order valence-corrected chi connectivity index (χ2v) is 10.4. The van der Waals surface area contributed by atoms with Crippen LogP contribution in [0, 0.1) is 34.0 Å². The number of amides is 1. The van der Waals surface area contributed by atoms with Crippen LogP contribution in [0.5, 0.6) is 11.5 Å². The van der Waals surface area contributed by atoms with Gasteiger partial charge < -0.3 is 14.8 Å². The van der Waals surface area contributed by atoms with E-state index in [2.05, 4.69) is 33.4 Å². The molecule has 1 aliphatic rings. The lowest BCUT2D eigenvalue weighted by Crippen LogP contribution is -2.13. The molecule has 0 unspecified atom stereocenters. The number of nitriles is 3. The van der Waals surface area contributed by atoms with E-state index in [0.717, 1.165) is 41.7 Å². The first-order valence-corrected chi connectivity index (χ1v) is 13.6. The molecule has 3 aromatic rings. The average Bonchev–Trinajstić information content (AvgIpc) is 3.28. The highest BCUT2D eigenvalue weighted by molar-refractivity contribution is 9.10. The van der Waals surface area contributed by atoms with Crippen molar-refractivity contribution in [2.75, 3.05) is 11.9 Å². The molecule has 0 aliphatic heterocycles. The quantitative estimate of drug-likeness (QED) is 0.233. The molecule has 4 rings (SSSR count). The van der Waals surface area contributed by atoms with Crippen LogP contribution in [0.15, 0.2) is 46.4 Å². The van der Waals surface area contributed by atoms with Gasteiger partial charge in [-0.05, 0) is 83.9 Å². The lowest BCUT2D eigenvalue weighted by atomic mass is 9.96. The number of rotatable bonds is 8. The summed E-state index contributed by atoms with van der Waals surface area (Å²) in [5.41, 5.74) is 3.23. The summed E-state index contributed by atoms with van der Waals surface area (Å²) in [4.78, 5) is 14.1. The van der Waals surface area contributed by atoms with E-state index in [0.29, 0.717) is 44.3 Å². The van der Waals surface area contributed by atoms with E-state index in [9.17, 15) is 20.6 Å². The number of anilines is 1. The number of aryl methyl sites for hydroxylation is 1. The number of nitrogens with one attached hydrogen (secondary N) is 1. The zero-order chi connectivity index (χ0) is 27.1. The van der Waals surface area contributed by atoms with Gasteiger partial charge in [0, 0.05) is 10.4 Å². The van der Waals surface area contributed by atoms with Crippen molar-refractivity contribution in [2.45, 2.75) is 39.2 Å². The number of carbonyl (C=O) groups is 1. The fraction of sp³-hybridized carbons (Fsp3) is 0.241. The summed E-state index contributed by atoms with van der Waals surface area (Å²) < 4.78 is 12.4. The van der Waals surface area contributed by atoms with Crippen molar-refractivity contribution in [1.82, 2.24) is 0 Å². The Hall–Kier alpha value is -4.10. The van der Waals surface area contributed by atoms with Gasteiger partial charge in [0.05, 0.1) is 28.3 Å². The zero-order valence-electron chi connectivity index (χ0n) is 20.6.